The number of hydrogen-bond acceptors (Lipinski definition) is 5. The van der Waals surface area contributed by atoms with Crippen LogP contribution in [-0.4, -0.2) is 56.1 Å². The predicted molar refractivity (Wildman–Crippen MR) is 215 cm³/mol. The molecule has 8 aliphatic rings. The van der Waals surface area contributed by atoms with Crippen LogP contribution in [0.15, 0.2) is 0 Å². The molecule has 0 aromatic rings. The molecule has 0 heterocycles. The van der Waals surface area contributed by atoms with E-state index in [1.807, 2.05) is 0 Å². The second kappa shape index (κ2) is 15.2. The monoisotopic (exact) mass is 741 g/mol. The van der Waals surface area contributed by atoms with Gasteiger partial charge in [0.25, 0.3) is 0 Å². The summed E-state index contributed by atoms with van der Waals surface area (Å²) in [7, 11) is 0. The van der Waals surface area contributed by atoms with Crippen LogP contribution in [0.25, 0.3) is 0 Å². The molecule has 0 bridgehead atoms. The molecule has 53 heavy (non-hydrogen) atoms. The third-order valence-corrected chi connectivity index (χ3v) is 20.5. The van der Waals surface area contributed by atoms with Crippen LogP contribution in [0, 0.1) is 92.7 Å². The van der Waals surface area contributed by atoms with Crippen molar-refractivity contribution in [2.75, 3.05) is 0 Å². The maximum absolute atomic E-state index is 11.5. The van der Waals surface area contributed by atoms with Crippen LogP contribution in [0.1, 0.15) is 177 Å². The van der Waals surface area contributed by atoms with Crippen LogP contribution < -0.4 is 0 Å². The van der Waals surface area contributed by atoms with E-state index in [1.165, 1.54) is 70.6 Å². The van der Waals surface area contributed by atoms with Gasteiger partial charge in [0.2, 0.25) is 0 Å². The highest BCUT2D eigenvalue weighted by atomic mass is 16.3. The van der Waals surface area contributed by atoms with Gasteiger partial charge in [-0.3, -0.25) is 0 Å². The molecular weight excluding hydrogens is 657 g/mol. The third kappa shape index (κ3) is 6.48. The molecule has 0 spiro atoms. The van der Waals surface area contributed by atoms with Gasteiger partial charge >= 0.3 is 0 Å². The van der Waals surface area contributed by atoms with Gasteiger partial charge in [-0.15, -0.1) is 0 Å². The zero-order valence-corrected chi connectivity index (χ0v) is 35.5. The summed E-state index contributed by atoms with van der Waals surface area (Å²) in [6.07, 6.45) is 20.5. The molecule has 0 aliphatic heterocycles. The molecule has 8 saturated carbocycles. The smallest absolute Gasteiger partial charge is 0.0602 e. The average molecular weight is 741 g/mol. The highest BCUT2D eigenvalue weighted by molar-refractivity contribution is 5.15. The summed E-state index contributed by atoms with van der Waals surface area (Å²) in [6, 6.07) is 0. The molecular formula is C48H84O5. The van der Waals surface area contributed by atoms with Crippen LogP contribution >= 0.6 is 0 Å². The van der Waals surface area contributed by atoms with E-state index in [-0.39, 0.29) is 46.8 Å². The minimum Gasteiger partial charge on any atom is -0.393 e. The van der Waals surface area contributed by atoms with Crippen molar-refractivity contribution < 1.29 is 25.5 Å². The number of aliphatic hydroxyl groups is 5. The first-order valence-corrected chi connectivity index (χ1v) is 23.5. The van der Waals surface area contributed by atoms with Gasteiger partial charge in [-0.2, -0.15) is 0 Å². The van der Waals surface area contributed by atoms with Gasteiger partial charge in [0.1, 0.15) is 0 Å². The highest BCUT2D eigenvalue weighted by Crippen LogP contribution is 2.70. The van der Waals surface area contributed by atoms with Crippen LogP contribution in [0.3, 0.4) is 0 Å². The van der Waals surface area contributed by atoms with E-state index in [1.54, 1.807) is 0 Å². The van der Waals surface area contributed by atoms with Crippen molar-refractivity contribution in [2.24, 2.45) is 92.7 Å². The lowest BCUT2D eigenvalue weighted by Crippen LogP contribution is -2.62. The molecule has 8 fully saturated rings. The molecule has 8 rings (SSSR count). The molecule has 0 aromatic heterocycles. The van der Waals surface area contributed by atoms with Crippen molar-refractivity contribution in [2.45, 2.75) is 208 Å². The number of fused-ring (bicyclic) bond motifs is 10. The van der Waals surface area contributed by atoms with Crippen LogP contribution in [-0.2, 0) is 0 Å². The van der Waals surface area contributed by atoms with Crippen LogP contribution in [0.4, 0.5) is 0 Å². The topological polar surface area (TPSA) is 101 Å². The summed E-state index contributed by atoms with van der Waals surface area (Å²) >= 11 is 0. The molecule has 0 saturated heterocycles. The largest absolute Gasteiger partial charge is 0.393 e. The Morgan fingerprint density at radius 2 is 1.00 bits per heavy atom. The van der Waals surface area contributed by atoms with Crippen molar-refractivity contribution in [3.05, 3.63) is 0 Å². The van der Waals surface area contributed by atoms with Gasteiger partial charge in [-0.1, -0.05) is 81.1 Å². The fourth-order valence-corrected chi connectivity index (χ4v) is 17.6. The van der Waals surface area contributed by atoms with Gasteiger partial charge < -0.3 is 25.5 Å². The molecule has 306 valence electrons. The minimum absolute atomic E-state index is 0.0336. The summed E-state index contributed by atoms with van der Waals surface area (Å²) < 4.78 is 0. The lowest BCUT2D eigenvalue weighted by molar-refractivity contribution is -0.207. The Morgan fingerprint density at radius 3 is 1.57 bits per heavy atom. The third-order valence-electron chi connectivity index (χ3n) is 20.5. The molecule has 0 amide bonds. The quantitative estimate of drug-likeness (QED) is 0.187. The van der Waals surface area contributed by atoms with Gasteiger partial charge in [0.05, 0.1) is 30.5 Å². The van der Waals surface area contributed by atoms with E-state index < -0.39 is 0 Å². The van der Waals surface area contributed by atoms with Gasteiger partial charge in [-0.05, 0) is 189 Å². The number of rotatable bonds is 6. The minimum atomic E-state index is -0.254. The van der Waals surface area contributed by atoms with E-state index in [0.29, 0.717) is 58.7 Å². The van der Waals surface area contributed by atoms with Gasteiger partial charge in [0.15, 0.2) is 0 Å². The lowest BCUT2D eigenvalue weighted by Gasteiger charge is -2.63. The Bertz CT molecular complexity index is 1260. The Balaban J connectivity index is 0.000000164. The summed E-state index contributed by atoms with van der Waals surface area (Å²) in [4.78, 5) is 0. The summed E-state index contributed by atoms with van der Waals surface area (Å²) in [5, 5.41) is 54.6. The first-order valence-electron chi connectivity index (χ1n) is 23.5. The van der Waals surface area contributed by atoms with Crippen molar-refractivity contribution in [3.63, 3.8) is 0 Å². The standard InChI is InChI=1S/C24H42O3.C24H42O2/c1-5-6-14(2)17-7-8-18-22-19(13-21(27)24(17,18)4)23(3)10-9-16(25)11-15(23)12-20(22)26;1-5-6-15(2)19-9-10-20-18-8-7-16-13-17(25)11-12-23(16,3)21(18)14-22(26)24(19,20)4/h14-22,25-27H,5-13H2,1-4H3;15-22,25-26H,5-14H2,1-4H3/t14?,15?,16-,17?,18?,19?,20-,21+,22?,23+,24-;15?,16?,17-,18?,19?,20?,21?,22+,23+,24-/m11/s1. The molecule has 5 N–H and O–H groups in total. The van der Waals surface area contributed by atoms with E-state index in [0.717, 1.165) is 69.1 Å². The first-order chi connectivity index (χ1) is 25.0. The number of aliphatic hydroxyl groups excluding tert-OH is 5. The fraction of sp³-hybridized carbons (Fsp3) is 1.00. The molecule has 5 nitrogen and oxygen atoms in total. The SMILES string of the molecule is CCCC(C)C1CCC2C3C(C[C@H](O)[C@]12C)[C@@]1(C)CC[C@@H](O)CC1C[C@H]3O.CCCC(C)C1CCC2C3CCC4C[C@H](O)CC[C@]4(C)C3C[C@H](O)[C@]12C. The molecule has 0 radical (unpaired) electrons. The summed E-state index contributed by atoms with van der Waals surface area (Å²) in [5.41, 5.74) is 0.650. The summed E-state index contributed by atoms with van der Waals surface area (Å²) in [6.45, 7) is 19.1. The Kier molecular flexibility index (Phi) is 11.7. The molecule has 0 aromatic carbocycles. The maximum atomic E-state index is 11.5. The van der Waals surface area contributed by atoms with Gasteiger partial charge in [0, 0.05) is 0 Å². The van der Waals surface area contributed by atoms with E-state index in [9.17, 15) is 25.5 Å². The van der Waals surface area contributed by atoms with Crippen molar-refractivity contribution in [1.82, 2.24) is 0 Å². The van der Waals surface area contributed by atoms with Crippen molar-refractivity contribution >= 4 is 0 Å². The second-order valence-electron chi connectivity index (χ2n) is 22.4. The zero-order chi connectivity index (χ0) is 38.2. The summed E-state index contributed by atoms with van der Waals surface area (Å²) in [5.74, 6) is 7.22. The average Bonchev–Trinajstić information content (AvgIpc) is 3.66. The first kappa shape index (κ1) is 41.0. The van der Waals surface area contributed by atoms with Gasteiger partial charge in [-0.25, -0.2) is 0 Å². The van der Waals surface area contributed by atoms with Crippen molar-refractivity contribution in [1.29, 1.82) is 0 Å². The van der Waals surface area contributed by atoms with Crippen LogP contribution in [0.5, 0.6) is 0 Å². The molecule has 21 atom stereocenters. The lowest BCUT2D eigenvalue weighted by atomic mass is 9.43. The Labute approximate surface area is 325 Å². The zero-order valence-electron chi connectivity index (χ0n) is 35.5. The fourth-order valence-electron chi connectivity index (χ4n) is 17.6. The molecule has 8 aliphatic carbocycles. The highest BCUT2D eigenvalue weighted by Gasteiger charge is 2.66. The van der Waals surface area contributed by atoms with Crippen molar-refractivity contribution in [3.8, 4) is 0 Å². The molecule has 5 heteroatoms. The normalized spacial score (nSPS) is 55.5. The number of hydrogen-bond donors (Lipinski definition) is 5. The second-order valence-corrected chi connectivity index (χ2v) is 22.4. The molecule has 12 unspecified atom stereocenters. The maximum Gasteiger partial charge on any atom is 0.0602 e. The van der Waals surface area contributed by atoms with E-state index in [4.69, 9.17) is 0 Å². The Morgan fingerprint density at radius 1 is 0.509 bits per heavy atom. The Hall–Kier alpha value is -0.200. The van der Waals surface area contributed by atoms with Crippen LogP contribution in [0.2, 0.25) is 0 Å². The van der Waals surface area contributed by atoms with E-state index >= 15 is 0 Å². The van der Waals surface area contributed by atoms with E-state index in [2.05, 4.69) is 55.4 Å². The predicted octanol–water partition coefficient (Wildman–Crippen LogP) is 9.80.